The van der Waals surface area contributed by atoms with E-state index in [1.807, 2.05) is 6.08 Å². The van der Waals surface area contributed by atoms with Gasteiger partial charge < -0.3 is 20.6 Å². The summed E-state index contributed by atoms with van der Waals surface area (Å²) < 4.78 is 0. The van der Waals surface area contributed by atoms with E-state index in [1.54, 1.807) is 6.08 Å². The van der Waals surface area contributed by atoms with Crippen molar-refractivity contribution in [3.63, 3.8) is 0 Å². The van der Waals surface area contributed by atoms with Gasteiger partial charge in [-0.25, -0.2) is 0 Å². The Kier molecular flexibility index (Phi) is 47.6. The van der Waals surface area contributed by atoms with E-state index in [2.05, 4.69) is 55.6 Å². The first-order chi connectivity index (χ1) is 29.0. The number of nitrogens with one attached hydrogen (secondary N) is 1. The Bertz CT molecular complexity index is 958. The standard InChI is InChI=1S/C54H101NO4/c1-3-5-7-9-11-13-15-16-17-18-19-20-21-22-23-24-25-26-27-28-29-30-31-32-33-34-35-36-38-39-41-43-45-47-51(57)49-54(59)55-52(50-56)53(58)48-46-44-42-40-37-14-12-10-8-6-4-2/h8,10,24-25,37,40,46,48,51-53,56-58H,3-7,9,11-23,26-36,38-39,41-45,47,49-50H2,1-2H3,(H,55,59)/b10-8+,25-24-,40-37+,48-46+. The van der Waals surface area contributed by atoms with Crippen molar-refractivity contribution in [2.45, 2.75) is 283 Å². The van der Waals surface area contributed by atoms with E-state index >= 15 is 0 Å². The molecule has 59 heavy (non-hydrogen) atoms. The van der Waals surface area contributed by atoms with Crippen LogP contribution in [0.2, 0.25) is 0 Å². The summed E-state index contributed by atoms with van der Waals surface area (Å²) in [5.74, 6) is -0.330. The number of unbranched alkanes of at least 4 members (excludes halogenated alkanes) is 32. The molecule has 0 aromatic carbocycles. The second-order valence-electron chi connectivity index (χ2n) is 17.8. The van der Waals surface area contributed by atoms with Gasteiger partial charge in [0, 0.05) is 0 Å². The van der Waals surface area contributed by atoms with Crippen LogP contribution in [0.15, 0.2) is 48.6 Å². The van der Waals surface area contributed by atoms with E-state index in [0.29, 0.717) is 6.42 Å². The van der Waals surface area contributed by atoms with Crippen LogP contribution in [0.5, 0.6) is 0 Å². The molecule has 0 aliphatic heterocycles. The molecule has 0 bridgehead atoms. The third-order valence-electron chi connectivity index (χ3n) is 11.8. The van der Waals surface area contributed by atoms with Gasteiger partial charge in [-0.3, -0.25) is 4.79 Å². The largest absolute Gasteiger partial charge is 0.394 e. The Morgan fingerprint density at radius 1 is 0.424 bits per heavy atom. The maximum atomic E-state index is 12.4. The molecule has 1 amide bonds. The smallest absolute Gasteiger partial charge is 0.222 e. The summed E-state index contributed by atoms with van der Waals surface area (Å²) in [6.45, 7) is 4.13. The molecule has 0 aromatic heterocycles. The molecule has 0 rings (SSSR count). The lowest BCUT2D eigenvalue weighted by Gasteiger charge is -2.21. The normalized spacial score (nSPS) is 13.8. The summed E-state index contributed by atoms with van der Waals surface area (Å²) in [4.78, 5) is 12.4. The van der Waals surface area contributed by atoms with Crippen LogP contribution >= 0.6 is 0 Å². The topological polar surface area (TPSA) is 89.8 Å². The molecule has 0 aliphatic rings. The number of aliphatic hydroxyl groups excluding tert-OH is 3. The number of allylic oxidation sites excluding steroid dienone is 7. The van der Waals surface area contributed by atoms with E-state index in [0.717, 1.165) is 44.9 Å². The van der Waals surface area contributed by atoms with Gasteiger partial charge in [0.2, 0.25) is 5.91 Å². The average Bonchev–Trinajstić information content (AvgIpc) is 3.23. The zero-order chi connectivity index (χ0) is 43.0. The van der Waals surface area contributed by atoms with E-state index in [9.17, 15) is 20.1 Å². The van der Waals surface area contributed by atoms with Crippen LogP contribution in [0.25, 0.3) is 0 Å². The number of hydrogen-bond acceptors (Lipinski definition) is 4. The van der Waals surface area contributed by atoms with Gasteiger partial charge in [0.15, 0.2) is 0 Å². The quantitative estimate of drug-likeness (QED) is 0.0363. The molecule has 5 nitrogen and oxygen atoms in total. The molecule has 4 N–H and O–H groups in total. The summed E-state index contributed by atoms with van der Waals surface area (Å²) in [5.41, 5.74) is 0. The van der Waals surface area contributed by atoms with Gasteiger partial charge in [0.25, 0.3) is 0 Å². The highest BCUT2D eigenvalue weighted by Crippen LogP contribution is 2.16. The number of amides is 1. The van der Waals surface area contributed by atoms with Gasteiger partial charge in [-0.05, 0) is 64.2 Å². The highest BCUT2D eigenvalue weighted by molar-refractivity contribution is 5.76. The highest BCUT2D eigenvalue weighted by atomic mass is 16.3. The molecule has 0 aromatic rings. The van der Waals surface area contributed by atoms with Crippen molar-refractivity contribution in [2.24, 2.45) is 0 Å². The molecular weight excluding hydrogens is 727 g/mol. The predicted molar refractivity (Wildman–Crippen MR) is 259 cm³/mol. The number of carbonyl (C=O) groups excluding carboxylic acids is 1. The van der Waals surface area contributed by atoms with Crippen LogP contribution in [0, 0.1) is 0 Å². The second-order valence-corrected chi connectivity index (χ2v) is 17.8. The molecule has 0 spiro atoms. The minimum atomic E-state index is -0.958. The van der Waals surface area contributed by atoms with E-state index < -0.39 is 18.2 Å². The SMILES string of the molecule is CCC/C=C/CC/C=C/CC/C=C/C(O)C(CO)NC(=O)CC(O)CCCCCCCCCCCCCCCCC/C=C\CCCCCCCCCCCCCCCC. The van der Waals surface area contributed by atoms with Crippen molar-refractivity contribution in [1.29, 1.82) is 0 Å². The molecule has 0 heterocycles. The second kappa shape index (κ2) is 49.0. The monoisotopic (exact) mass is 828 g/mol. The minimum Gasteiger partial charge on any atom is -0.394 e. The van der Waals surface area contributed by atoms with Gasteiger partial charge in [0.1, 0.15) is 0 Å². The van der Waals surface area contributed by atoms with Crippen molar-refractivity contribution in [2.75, 3.05) is 6.61 Å². The molecule has 5 heteroatoms. The molecule has 3 unspecified atom stereocenters. The lowest BCUT2D eigenvalue weighted by Crippen LogP contribution is -2.45. The van der Waals surface area contributed by atoms with Crippen molar-refractivity contribution in [3.05, 3.63) is 48.6 Å². The zero-order valence-electron chi connectivity index (χ0n) is 39.4. The summed E-state index contributed by atoms with van der Waals surface area (Å²) >= 11 is 0. The fourth-order valence-electron chi connectivity index (χ4n) is 7.85. The number of carbonyl (C=O) groups is 1. The Morgan fingerprint density at radius 2 is 0.763 bits per heavy atom. The van der Waals surface area contributed by atoms with Crippen molar-refractivity contribution >= 4 is 5.91 Å². The van der Waals surface area contributed by atoms with Gasteiger partial charge >= 0.3 is 0 Å². The molecule has 346 valence electrons. The Balaban J connectivity index is 3.50. The van der Waals surface area contributed by atoms with Crippen molar-refractivity contribution in [1.82, 2.24) is 5.32 Å². The van der Waals surface area contributed by atoms with Gasteiger partial charge in [-0.1, -0.05) is 242 Å². The maximum Gasteiger partial charge on any atom is 0.222 e. The van der Waals surface area contributed by atoms with E-state index in [-0.39, 0.29) is 18.9 Å². The first kappa shape index (κ1) is 57.3. The molecule has 0 radical (unpaired) electrons. The number of aliphatic hydroxyl groups is 3. The van der Waals surface area contributed by atoms with Crippen LogP contribution in [0.4, 0.5) is 0 Å². The molecule has 0 aliphatic carbocycles. The van der Waals surface area contributed by atoms with Gasteiger partial charge in [-0.15, -0.1) is 0 Å². The fourth-order valence-corrected chi connectivity index (χ4v) is 7.85. The van der Waals surface area contributed by atoms with Crippen LogP contribution in [0.3, 0.4) is 0 Å². The first-order valence-electron chi connectivity index (χ1n) is 25.9. The van der Waals surface area contributed by atoms with E-state index in [1.165, 1.54) is 193 Å². The van der Waals surface area contributed by atoms with Crippen LogP contribution in [0.1, 0.15) is 264 Å². The Morgan fingerprint density at radius 3 is 1.15 bits per heavy atom. The number of hydrogen-bond donors (Lipinski definition) is 4. The summed E-state index contributed by atoms with van der Waals surface area (Å²) in [5, 5.41) is 33.2. The highest BCUT2D eigenvalue weighted by Gasteiger charge is 2.20. The minimum absolute atomic E-state index is 0.00257. The van der Waals surface area contributed by atoms with Gasteiger partial charge in [-0.2, -0.15) is 0 Å². The third-order valence-corrected chi connectivity index (χ3v) is 11.8. The predicted octanol–water partition coefficient (Wildman–Crippen LogP) is 15.7. The van der Waals surface area contributed by atoms with Crippen molar-refractivity contribution in [3.8, 4) is 0 Å². The molecular formula is C54H101NO4. The molecule has 3 atom stereocenters. The lowest BCUT2D eigenvalue weighted by atomic mass is 10.0. The zero-order valence-corrected chi connectivity index (χ0v) is 39.4. The van der Waals surface area contributed by atoms with Gasteiger partial charge in [0.05, 0.1) is 31.3 Å². The first-order valence-corrected chi connectivity index (χ1v) is 25.9. The summed E-state index contributed by atoms with van der Waals surface area (Å²) in [6.07, 6.45) is 64.5. The summed E-state index contributed by atoms with van der Waals surface area (Å²) in [7, 11) is 0. The van der Waals surface area contributed by atoms with E-state index in [4.69, 9.17) is 0 Å². The summed E-state index contributed by atoms with van der Waals surface area (Å²) in [6, 6.07) is -0.766. The Hall–Kier alpha value is -1.69. The van der Waals surface area contributed by atoms with Crippen LogP contribution in [-0.4, -0.2) is 46.1 Å². The van der Waals surface area contributed by atoms with Crippen LogP contribution < -0.4 is 5.32 Å². The average molecular weight is 828 g/mol. The molecule has 0 saturated heterocycles. The maximum absolute atomic E-state index is 12.4. The third kappa shape index (κ3) is 45.7. The lowest BCUT2D eigenvalue weighted by molar-refractivity contribution is -0.124. The Labute approximate surface area is 367 Å². The number of rotatable bonds is 47. The fraction of sp³-hybridized carbons (Fsp3) is 0.833. The molecule has 0 fully saturated rings. The van der Waals surface area contributed by atoms with Crippen molar-refractivity contribution < 1.29 is 20.1 Å². The van der Waals surface area contributed by atoms with Crippen LogP contribution in [-0.2, 0) is 4.79 Å². The molecule has 0 saturated carbocycles.